The SMILES string of the molecule is CNC1CCN(C(=N/C(=C(\C)c2ccc(C)nc2)c2ccc(C#N)c(F)c2)N(C)C=C2CCC2)CC1. The molecule has 1 saturated heterocycles. The Morgan fingerprint density at radius 2 is 1.94 bits per heavy atom. The first-order valence-electron chi connectivity index (χ1n) is 12.7. The molecule has 1 N–H and O–H groups in total. The number of nitrogens with zero attached hydrogens (tertiary/aromatic N) is 5. The summed E-state index contributed by atoms with van der Waals surface area (Å²) in [5, 5.41) is 12.6. The van der Waals surface area contributed by atoms with Gasteiger partial charge in [-0.05, 0) is 82.3 Å². The van der Waals surface area contributed by atoms with Crippen molar-refractivity contribution in [2.45, 2.75) is 52.0 Å². The van der Waals surface area contributed by atoms with Crippen molar-refractivity contribution < 1.29 is 4.39 Å². The maximum Gasteiger partial charge on any atom is 0.205 e. The zero-order valence-corrected chi connectivity index (χ0v) is 21.7. The van der Waals surface area contributed by atoms with Crippen molar-refractivity contribution >= 4 is 17.2 Å². The number of allylic oxidation sites excluding steroid dienone is 2. The fourth-order valence-corrected chi connectivity index (χ4v) is 4.63. The van der Waals surface area contributed by atoms with E-state index in [4.69, 9.17) is 4.99 Å². The van der Waals surface area contributed by atoms with Gasteiger partial charge in [0.05, 0.1) is 11.3 Å². The summed E-state index contributed by atoms with van der Waals surface area (Å²) in [5.41, 5.74) is 5.52. The highest BCUT2D eigenvalue weighted by molar-refractivity contribution is 5.96. The number of aryl methyl sites for hydroxylation is 1. The predicted octanol–water partition coefficient (Wildman–Crippen LogP) is 5.33. The molecule has 0 atom stereocenters. The van der Waals surface area contributed by atoms with E-state index < -0.39 is 5.82 Å². The van der Waals surface area contributed by atoms with Crippen molar-refractivity contribution in [3.05, 3.63) is 76.5 Å². The van der Waals surface area contributed by atoms with E-state index in [1.807, 2.05) is 52.3 Å². The monoisotopic (exact) mass is 486 g/mol. The van der Waals surface area contributed by atoms with Crippen molar-refractivity contribution in [1.29, 1.82) is 5.26 Å². The molecule has 1 saturated carbocycles. The second-order valence-electron chi connectivity index (χ2n) is 9.68. The lowest BCUT2D eigenvalue weighted by Crippen LogP contribution is -2.48. The van der Waals surface area contributed by atoms with Gasteiger partial charge in [-0.2, -0.15) is 5.26 Å². The highest BCUT2D eigenvalue weighted by Crippen LogP contribution is 2.30. The molecular formula is C29H35FN6. The van der Waals surface area contributed by atoms with Gasteiger partial charge in [-0.1, -0.05) is 17.7 Å². The minimum atomic E-state index is -0.543. The van der Waals surface area contributed by atoms with Crippen LogP contribution in [0.4, 0.5) is 4.39 Å². The van der Waals surface area contributed by atoms with Crippen molar-refractivity contribution in [1.82, 2.24) is 20.1 Å². The van der Waals surface area contributed by atoms with Gasteiger partial charge in [0.1, 0.15) is 11.9 Å². The van der Waals surface area contributed by atoms with E-state index >= 15 is 0 Å². The summed E-state index contributed by atoms with van der Waals surface area (Å²) in [6, 6.07) is 11.1. The van der Waals surface area contributed by atoms with E-state index in [1.54, 1.807) is 6.07 Å². The van der Waals surface area contributed by atoms with Crippen LogP contribution >= 0.6 is 0 Å². The molecule has 7 heteroatoms. The Kier molecular flexibility index (Phi) is 8.17. The summed E-state index contributed by atoms with van der Waals surface area (Å²) in [6.07, 6.45) is 9.57. The molecule has 0 unspecified atom stereocenters. The first-order valence-corrected chi connectivity index (χ1v) is 12.7. The molecule has 0 spiro atoms. The van der Waals surface area contributed by atoms with Gasteiger partial charge in [0.25, 0.3) is 0 Å². The summed E-state index contributed by atoms with van der Waals surface area (Å²) >= 11 is 0. The van der Waals surface area contributed by atoms with Crippen molar-refractivity contribution in [3.63, 3.8) is 0 Å². The summed E-state index contributed by atoms with van der Waals surface area (Å²) in [4.78, 5) is 14.1. The number of rotatable bonds is 5. The zero-order valence-electron chi connectivity index (χ0n) is 21.7. The van der Waals surface area contributed by atoms with Crippen LogP contribution in [-0.2, 0) is 0 Å². The molecule has 1 aliphatic carbocycles. The highest BCUT2D eigenvalue weighted by Gasteiger charge is 2.24. The van der Waals surface area contributed by atoms with E-state index in [-0.39, 0.29) is 5.56 Å². The van der Waals surface area contributed by atoms with Crippen LogP contribution in [0.25, 0.3) is 11.3 Å². The number of nitrogens with one attached hydrogen (secondary N) is 1. The Labute approximate surface area is 213 Å². The number of pyridine rings is 1. The molecule has 188 valence electrons. The average molecular weight is 487 g/mol. The Morgan fingerprint density at radius 1 is 1.22 bits per heavy atom. The molecule has 2 aromatic rings. The number of aliphatic imine (C=N–C) groups is 1. The molecule has 0 amide bonds. The van der Waals surface area contributed by atoms with Crippen LogP contribution in [0.15, 0.2) is 53.3 Å². The molecular weight excluding hydrogens is 451 g/mol. The van der Waals surface area contributed by atoms with Crippen molar-refractivity contribution in [2.24, 2.45) is 4.99 Å². The maximum absolute atomic E-state index is 14.7. The van der Waals surface area contributed by atoms with Crippen LogP contribution in [0, 0.1) is 24.1 Å². The lowest BCUT2D eigenvalue weighted by molar-refractivity contribution is 0.272. The zero-order chi connectivity index (χ0) is 25.7. The van der Waals surface area contributed by atoms with E-state index in [2.05, 4.69) is 26.3 Å². The molecule has 36 heavy (non-hydrogen) atoms. The molecule has 1 aromatic carbocycles. The van der Waals surface area contributed by atoms with Crippen LogP contribution in [-0.4, -0.2) is 54.0 Å². The number of benzene rings is 1. The normalized spacial score (nSPS) is 17.3. The number of halogens is 1. The van der Waals surface area contributed by atoms with Crippen LogP contribution < -0.4 is 5.32 Å². The van der Waals surface area contributed by atoms with Crippen LogP contribution in [0.1, 0.15) is 61.4 Å². The molecule has 1 aliphatic heterocycles. The number of aromatic nitrogens is 1. The second kappa shape index (κ2) is 11.5. The van der Waals surface area contributed by atoms with Gasteiger partial charge in [-0.3, -0.25) is 4.98 Å². The van der Waals surface area contributed by atoms with Crippen LogP contribution in [0.2, 0.25) is 0 Å². The van der Waals surface area contributed by atoms with Crippen molar-refractivity contribution in [2.75, 3.05) is 27.2 Å². The molecule has 0 bridgehead atoms. The van der Waals surface area contributed by atoms with E-state index in [0.29, 0.717) is 17.3 Å². The molecule has 1 aromatic heterocycles. The van der Waals surface area contributed by atoms with Gasteiger partial charge >= 0.3 is 0 Å². The number of guanidine groups is 1. The van der Waals surface area contributed by atoms with E-state index in [0.717, 1.165) is 61.6 Å². The molecule has 4 rings (SSSR count). The summed E-state index contributed by atoms with van der Waals surface area (Å²) < 4.78 is 14.7. The van der Waals surface area contributed by atoms with Gasteiger partial charge in [0.15, 0.2) is 0 Å². The number of hydrogen-bond acceptors (Lipinski definition) is 4. The van der Waals surface area contributed by atoms with Crippen LogP contribution in [0.5, 0.6) is 0 Å². The number of hydrogen-bond donors (Lipinski definition) is 1. The summed E-state index contributed by atoms with van der Waals surface area (Å²) in [7, 11) is 4.07. The largest absolute Gasteiger partial charge is 0.342 e. The summed E-state index contributed by atoms with van der Waals surface area (Å²) in [6.45, 7) is 5.72. The Balaban J connectivity index is 1.84. The third-order valence-corrected chi connectivity index (χ3v) is 7.15. The number of likely N-dealkylation sites (tertiary alicyclic amines) is 1. The molecule has 6 nitrogen and oxygen atoms in total. The topological polar surface area (TPSA) is 67.5 Å². The lowest BCUT2D eigenvalue weighted by Gasteiger charge is -2.37. The third kappa shape index (κ3) is 5.83. The smallest absolute Gasteiger partial charge is 0.205 e. The first kappa shape index (κ1) is 25.6. The lowest BCUT2D eigenvalue weighted by atomic mass is 9.93. The second-order valence-corrected chi connectivity index (χ2v) is 9.68. The van der Waals surface area contributed by atoms with Crippen molar-refractivity contribution in [3.8, 4) is 6.07 Å². The quantitative estimate of drug-likeness (QED) is 0.457. The fourth-order valence-electron chi connectivity index (χ4n) is 4.63. The average Bonchev–Trinajstić information content (AvgIpc) is 2.87. The fraction of sp³-hybridized carbons (Fsp3) is 0.414. The van der Waals surface area contributed by atoms with Crippen LogP contribution in [0.3, 0.4) is 0 Å². The molecule has 0 radical (unpaired) electrons. The van der Waals surface area contributed by atoms with Gasteiger partial charge in [-0.15, -0.1) is 0 Å². The molecule has 2 fully saturated rings. The standard InChI is InChI=1S/C29H35FN6/c1-20-8-9-25(18-33-20)21(2)28(23-10-11-24(17-31)27(30)16-23)34-29(35(4)19-22-6-5-7-22)36-14-12-26(32-3)13-15-36/h8-11,16,18-19,26,32H,5-7,12-15H2,1-4H3/b28-21+,34-29?. The minimum absolute atomic E-state index is 0.0259. The Bertz CT molecular complexity index is 1210. The van der Waals surface area contributed by atoms with Gasteiger partial charge in [0.2, 0.25) is 5.96 Å². The first-order chi connectivity index (χ1) is 17.4. The van der Waals surface area contributed by atoms with E-state index in [9.17, 15) is 9.65 Å². The third-order valence-electron chi connectivity index (χ3n) is 7.15. The molecule has 2 aliphatic rings. The maximum atomic E-state index is 14.7. The number of piperidine rings is 1. The highest BCUT2D eigenvalue weighted by atomic mass is 19.1. The van der Waals surface area contributed by atoms with Gasteiger partial charge in [0, 0.05) is 49.8 Å². The van der Waals surface area contributed by atoms with E-state index in [1.165, 1.54) is 24.1 Å². The Hall–Kier alpha value is -3.50. The Morgan fingerprint density at radius 3 is 2.50 bits per heavy atom. The predicted molar refractivity (Wildman–Crippen MR) is 143 cm³/mol. The molecule has 2 heterocycles. The number of nitriles is 1. The van der Waals surface area contributed by atoms with Gasteiger partial charge < -0.3 is 15.1 Å². The minimum Gasteiger partial charge on any atom is -0.342 e. The van der Waals surface area contributed by atoms with Gasteiger partial charge in [-0.25, -0.2) is 9.38 Å². The summed E-state index contributed by atoms with van der Waals surface area (Å²) in [5.74, 6) is 0.307.